The number of rotatable bonds is 0. The fourth-order valence-corrected chi connectivity index (χ4v) is 1.45. The average Bonchev–Trinajstić information content (AvgIpc) is 1.98. The maximum atomic E-state index is 8.82. The van der Waals surface area contributed by atoms with Crippen molar-refractivity contribution in [1.82, 2.24) is 9.94 Å². The Bertz CT molecular complexity index is 211. The summed E-state index contributed by atoms with van der Waals surface area (Å²) in [6.45, 7) is 0. The molecule has 0 atom stereocenters. The van der Waals surface area contributed by atoms with Crippen LogP contribution in [0.1, 0.15) is 0 Å². The molecule has 0 bridgehead atoms. The second-order valence-corrected chi connectivity index (χ2v) is 3.58. The van der Waals surface area contributed by atoms with Gasteiger partial charge >= 0.3 is 0 Å². The van der Waals surface area contributed by atoms with Crippen LogP contribution < -0.4 is 0 Å². The molecule has 9 heavy (non-hydrogen) atoms. The average molecular weight is 321 g/mol. The van der Waals surface area contributed by atoms with E-state index in [1.54, 1.807) is 0 Å². The van der Waals surface area contributed by atoms with Crippen molar-refractivity contribution in [2.75, 3.05) is 0 Å². The fraction of sp³-hybridized carbons (Fsp3) is 0. The molecule has 6 heteroatoms. The maximum absolute atomic E-state index is 8.82. The Morgan fingerprint density at radius 1 is 1.33 bits per heavy atom. The van der Waals surface area contributed by atoms with Crippen molar-refractivity contribution in [1.29, 1.82) is 0 Å². The molecule has 1 aromatic rings. The molecule has 0 aliphatic rings. The van der Waals surface area contributed by atoms with E-state index in [4.69, 9.17) is 5.21 Å². The number of aromatic nitrogens is 2. The molecule has 0 amide bonds. The third-order valence-corrected chi connectivity index (χ3v) is 3.80. The van der Waals surface area contributed by atoms with Crippen LogP contribution in [-0.2, 0) is 0 Å². The first-order valence-electron chi connectivity index (χ1n) is 1.91. The highest BCUT2D eigenvalue weighted by Gasteiger charge is 2.09. The quantitative estimate of drug-likeness (QED) is 0.746. The summed E-state index contributed by atoms with van der Waals surface area (Å²) in [6, 6.07) is 0. The summed E-state index contributed by atoms with van der Waals surface area (Å²) in [4.78, 5) is 0.730. The normalized spacial score (nSPS) is 10.1. The van der Waals surface area contributed by atoms with E-state index in [9.17, 15) is 0 Å². The van der Waals surface area contributed by atoms with Gasteiger partial charge in [-0.15, -0.1) is 5.10 Å². The van der Waals surface area contributed by atoms with Crippen LogP contribution in [0.4, 0.5) is 0 Å². The first-order valence-corrected chi connectivity index (χ1v) is 4.29. The van der Waals surface area contributed by atoms with Crippen molar-refractivity contribution < 1.29 is 5.21 Å². The van der Waals surface area contributed by atoms with Gasteiger partial charge in [0.05, 0.1) is 4.47 Å². The maximum Gasteiger partial charge on any atom is 0.160 e. The number of halogens is 3. The molecule has 50 valence electrons. The van der Waals surface area contributed by atoms with Gasteiger partial charge in [0.1, 0.15) is 4.60 Å². The van der Waals surface area contributed by atoms with Gasteiger partial charge in [-0.25, -0.2) is 0 Å². The third-order valence-electron chi connectivity index (χ3n) is 0.720. The Labute approximate surface area is 76.4 Å². The van der Waals surface area contributed by atoms with Gasteiger partial charge < -0.3 is 5.21 Å². The van der Waals surface area contributed by atoms with E-state index in [1.807, 2.05) is 0 Å². The van der Waals surface area contributed by atoms with Gasteiger partial charge in [0, 0.05) is 0 Å². The van der Waals surface area contributed by atoms with Crippen molar-refractivity contribution in [3.05, 3.63) is 13.7 Å². The third kappa shape index (κ3) is 1.30. The van der Waals surface area contributed by atoms with Gasteiger partial charge in [-0.3, -0.25) is 0 Å². The zero-order chi connectivity index (χ0) is 7.02. The predicted octanol–water partition coefficient (Wildman–Crippen LogP) is 2.41. The van der Waals surface area contributed by atoms with E-state index in [1.165, 1.54) is 0 Å². The molecule has 1 rings (SSSR count). The summed E-state index contributed by atoms with van der Waals surface area (Å²) in [5.41, 5.74) is 0. The van der Waals surface area contributed by atoms with Crippen LogP contribution in [0, 0.1) is 0 Å². The number of hydrogen-bond donors (Lipinski definition) is 1. The lowest BCUT2D eigenvalue weighted by atomic mass is 10.8. The zero-order valence-corrected chi connectivity index (χ0v) is 8.73. The molecule has 0 fully saturated rings. The van der Waals surface area contributed by atoms with Gasteiger partial charge in [-0.05, 0) is 47.8 Å². The largest absolute Gasteiger partial charge is 0.411 e. The first-order chi connectivity index (χ1) is 4.13. The van der Waals surface area contributed by atoms with Gasteiger partial charge in [0.25, 0.3) is 0 Å². The highest BCUT2D eigenvalue weighted by atomic mass is 79.9. The summed E-state index contributed by atoms with van der Waals surface area (Å²) in [5.74, 6) is 0. The van der Waals surface area contributed by atoms with Crippen LogP contribution in [0.5, 0.6) is 0 Å². The molecular formula is C3HBr3N2O. The molecule has 3 nitrogen and oxygen atoms in total. The Kier molecular flexibility index (Phi) is 2.18. The minimum absolute atomic E-state index is 0.495. The van der Waals surface area contributed by atoms with Crippen LogP contribution in [0.25, 0.3) is 0 Å². The van der Waals surface area contributed by atoms with E-state index in [0.717, 1.165) is 4.85 Å². The molecular weight excluding hydrogens is 320 g/mol. The summed E-state index contributed by atoms with van der Waals surface area (Å²) < 4.78 is 1.76. The van der Waals surface area contributed by atoms with E-state index < -0.39 is 0 Å². The minimum atomic E-state index is 0.495. The van der Waals surface area contributed by atoms with Gasteiger partial charge in [0.2, 0.25) is 0 Å². The van der Waals surface area contributed by atoms with Crippen LogP contribution in [-0.4, -0.2) is 15.2 Å². The second kappa shape index (κ2) is 2.59. The summed E-state index contributed by atoms with van der Waals surface area (Å²) in [5, 5.41) is 12.4. The fourth-order valence-electron chi connectivity index (χ4n) is 0.344. The molecule has 1 aromatic heterocycles. The highest BCUT2D eigenvalue weighted by Crippen LogP contribution is 2.28. The molecule has 1 N–H and O–H groups in total. The monoisotopic (exact) mass is 318 g/mol. The summed E-state index contributed by atoms with van der Waals surface area (Å²) in [6.07, 6.45) is 0. The van der Waals surface area contributed by atoms with E-state index in [0.29, 0.717) is 13.7 Å². The SMILES string of the molecule is On1nc(Br)c(Br)c1Br. The van der Waals surface area contributed by atoms with Crippen molar-refractivity contribution in [3.8, 4) is 0 Å². The first kappa shape index (κ1) is 7.56. The molecule has 0 saturated heterocycles. The predicted molar refractivity (Wildman–Crippen MR) is 42.5 cm³/mol. The molecule has 0 saturated carbocycles. The molecule has 0 aromatic carbocycles. The molecule has 0 spiro atoms. The van der Waals surface area contributed by atoms with Crippen LogP contribution in [0.2, 0.25) is 0 Å². The van der Waals surface area contributed by atoms with E-state index >= 15 is 0 Å². The van der Waals surface area contributed by atoms with Crippen molar-refractivity contribution in [2.45, 2.75) is 0 Å². The van der Waals surface area contributed by atoms with Crippen molar-refractivity contribution in [2.24, 2.45) is 0 Å². The molecule has 0 aliphatic heterocycles. The lowest BCUT2D eigenvalue weighted by Crippen LogP contribution is -1.90. The standard InChI is InChI=1S/C3HBr3N2O/c4-1-2(5)7-8(9)3(1)6/h9H. The lowest BCUT2D eigenvalue weighted by molar-refractivity contribution is 0.141. The van der Waals surface area contributed by atoms with Gasteiger partial charge in [-0.2, -0.15) is 0 Å². The van der Waals surface area contributed by atoms with Crippen molar-refractivity contribution >= 4 is 47.8 Å². The van der Waals surface area contributed by atoms with E-state index in [-0.39, 0.29) is 0 Å². The highest BCUT2D eigenvalue weighted by molar-refractivity contribution is 9.14. The molecule has 0 aliphatic carbocycles. The summed E-state index contributed by atoms with van der Waals surface area (Å²) in [7, 11) is 0. The summed E-state index contributed by atoms with van der Waals surface area (Å²) >= 11 is 9.33. The van der Waals surface area contributed by atoms with Gasteiger partial charge in [0.15, 0.2) is 4.60 Å². The van der Waals surface area contributed by atoms with Crippen molar-refractivity contribution in [3.63, 3.8) is 0 Å². The molecule has 1 heterocycles. The van der Waals surface area contributed by atoms with E-state index in [2.05, 4.69) is 52.9 Å². The Morgan fingerprint density at radius 2 is 1.89 bits per heavy atom. The minimum Gasteiger partial charge on any atom is -0.411 e. The second-order valence-electron chi connectivity index (χ2n) is 1.29. The Balaban J connectivity index is 3.29. The van der Waals surface area contributed by atoms with Gasteiger partial charge in [-0.1, -0.05) is 4.85 Å². The topological polar surface area (TPSA) is 38.0 Å². The van der Waals surface area contributed by atoms with Crippen LogP contribution in [0.15, 0.2) is 13.7 Å². The van der Waals surface area contributed by atoms with Crippen LogP contribution >= 0.6 is 47.8 Å². The molecule has 0 radical (unpaired) electrons. The molecule has 0 unspecified atom stereocenters. The Hall–Kier alpha value is 0.450. The lowest BCUT2D eigenvalue weighted by Gasteiger charge is -1.85. The number of nitrogens with zero attached hydrogens (tertiary/aromatic N) is 2. The number of hydrogen-bond acceptors (Lipinski definition) is 2. The van der Waals surface area contributed by atoms with Crippen LogP contribution in [0.3, 0.4) is 0 Å². The smallest absolute Gasteiger partial charge is 0.160 e. The Morgan fingerprint density at radius 3 is 2.00 bits per heavy atom. The zero-order valence-electron chi connectivity index (χ0n) is 3.98.